The number of ether oxygens (including phenoxy) is 4. The Hall–Kier alpha value is -3.02. The van der Waals surface area contributed by atoms with E-state index in [-0.39, 0.29) is 19.3 Å². The van der Waals surface area contributed by atoms with E-state index in [0.29, 0.717) is 6.61 Å². The molecule has 1 fully saturated rings. The Kier molecular flexibility index (Phi) is 7.31. The highest BCUT2D eigenvalue weighted by Gasteiger charge is 2.19. The highest BCUT2D eigenvalue weighted by Crippen LogP contribution is 2.05. The van der Waals surface area contributed by atoms with Gasteiger partial charge in [-0.15, -0.1) is 0 Å². The first-order valence-corrected chi connectivity index (χ1v) is 7.84. The molecule has 0 bridgehead atoms. The summed E-state index contributed by atoms with van der Waals surface area (Å²) in [4.78, 5) is 21.4. The van der Waals surface area contributed by atoms with Crippen molar-refractivity contribution < 1.29 is 28.5 Å². The van der Waals surface area contributed by atoms with E-state index in [0.717, 1.165) is 11.1 Å². The highest BCUT2D eigenvalue weighted by molar-refractivity contribution is 5.61. The van der Waals surface area contributed by atoms with Gasteiger partial charge >= 0.3 is 12.3 Å². The highest BCUT2D eigenvalue weighted by atomic mass is 16.8. The van der Waals surface area contributed by atoms with Crippen LogP contribution in [-0.4, -0.2) is 25.0 Å². The zero-order valence-electron chi connectivity index (χ0n) is 13.9. The number of cyclic esters (lactones) is 2. The molecule has 0 N–H and O–H groups in total. The van der Waals surface area contributed by atoms with Gasteiger partial charge in [-0.25, -0.2) is 9.59 Å². The van der Waals surface area contributed by atoms with Crippen LogP contribution in [0.25, 0.3) is 0 Å². The van der Waals surface area contributed by atoms with Gasteiger partial charge in [0, 0.05) is 0 Å². The zero-order valence-corrected chi connectivity index (χ0v) is 13.9. The van der Waals surface area contributed by atoms with Gasteiger partial charge in [-0.2, -0.15) is 0 Å². The molecule has 0 spiro atoms. The van der Waals surface area contributed by atoms with Gasteiger partial charge < -0.3 is 18.9 Å². The van der Waals surface area contributed by atoms with Crippen LogP contribution in [0.5, 0.6) is 0 Å². The molecule has 0 aromatic heterocycles. The number of carbonyl (C=O) groups is 2. The van der Waals surface area contributed by atoms with Crippen molar-refractivity contribution in [2.75, 3.05) is 6.61 Å². The summed E-state index contributed by atoms with van der Waals surface area (Å²) in [5.41, 5.74) is 1.88. The second-order valence-corrected chi connectivity index (χ2v) is 5.29. The second kappa shape index (κ2) is 9.97. The molecule has 0 amide bonds. The third-order valence-corrected chi connectivity index (χ3v) is 3.13. The first-order valence-electron chi connectivity index (χ1n) is 7.84. The van der Waals surface area contributed by atoms with Gasteiger partial charge in [0.2, 0.25) is 0 Å². The van der Waals surface area contributed by atoms with Crippen LogP contribution in [0.15, 0.2) is 60.7 Å². The lowest BCUT2D eigenvalue weighted by molar-refractivity contribution is 0.0446. The van der Waals surface area contributed by atoms with Crippen molar-refractivity contribution >= 4 is 12.3 Å². The Balaban J connectivity index is 0.000000269. The average Bonchev–Trinajstić information content (AvgIpc) is 3.03. The number of hydrogen-bond donors (Lipinski definition) is 0. The molecule has 1 atom stereocenters. The van der Waals surface area contributed by atoms with Crippen molar-refractivity contribution in [1.82, 2.24) is 0 Å². The lowest BCUT2D eigenvalue weighted by Crippen LogP contribution is -2.07. The molecule has 6 heteroatoms. The molecule has 3 rings (SSSR count). The zero-order chi connectivity index (χ0) is 17.9. The van der Waals surface area contributed by atoms with Crippen LogP contribution in [-0.2, 0) is 32.2 Å². The van der Waals surface area contributed by atoms with Gasteiger partial charge in [-0.1, -0.05) is 60.7 Å². The molecular weight excluding hydrogens is 324 g/mol. The summed E-state index contributed by atoms with van der Waals surface area (Å²) in [5, 5.41) is 0. The summed E-state index contributed by atoms with van der Waals surface area (Å²) in [5.74, 6) is 0. The standard InChI is InChI=1S/C15H14O3.C4H6O3/c16-15(17-11-13-7-3-1-4-8-13)18-12-14-9-5-2-6-10-14;1-3-2-6-4(5)7-3/h1-10H,11-12H2;3H,2H2,1H3. The van der Waals surface area contributed by atoms with Gasteiger partial charge in [-0.3, -0.25) is 0 Å². The summed E-state index contributed by atoms with van der Waals surface area (Å²) < 4.78 is 18.9. The molecule has 1 unspecified atom stereocenters. The predicted octanol–water partition coefficient (Wildman–Crippen LogP) is 4.08. The average molecular weight is 344 g/mol. The quantitative estimate of drug-likeness (QED) is 0.778. The molecule has 25 heavy (non-hydrogen) atoms. The van der Waals surface area contributed by atoms with Crippen LogP contribution in [0.2, 0.25) is 0 Å². The fourth-order valence-electron chi connectivity index (χ4n) is 1.89. The minimum absolute atomic E-state index is 0.0486. The van der Waals surface area contributed by atoms with E-state index in [1.165, 1.54) is 0 Å². The summed E-state index contributed by atoms with van der Waals surface area (Å²) in [6.07, 6.45) is -1.25. The summed E-state index contributed by atoms with van der Waals surface area (Å²) in [7, 11) is 0. The normalized spacial score (nSPS) is 15.2. The second-order valence-electron chi connectivity index (χ2n) is 5.29. The first kappa shape index (κ1) is 18.3. The fraction of sp³-hybridized carbons (Fsp3) is 0.263. The van der Waals surface area contributed by atoms with E-state index in [2.05, 4.69) is 9.47 Å². The van der Waals surface area contributed by atoms with Crippen LogP contribution in [0, 0.1) is 0 Å². The molecule has 0 radical (unpaired) electrons. The minimum atomic E-state index is -0.650. The van der Waals surface area contributed by atoms with E-state index < -0.39 is 12.3 Å². The van der Waals surface area contributed by atoms with Crippen molar-refractivity contribution in [3.05, 3.63) is 71.8 Å². The summed E-state index contributed by atoms with van der Waals surface area (Å²) in [6.45, 7) is 2.65. The first-order chi connectivity index (χ1) is 12.1. The topological polar surface area (TPSA) is 71.1 Å². The molecule has 1 aliphatic heterocycles. The van der Waals surface area contributed by atoms with Gasteiger partial charge in [0.1, 0.15) is 25.9 Å². The van der Waals surface area contributed by atoms with Crippen LogP contribution < -0.4 is 0 Å². The summed E-state index contributed by atoms with van der Waals surface area (Å²) >= 11 is 0. The number of benzene rings is 2. The molecule has 1 aliphatic rings. The lowest BCUT2D eigenvalue weighted by atomic mass is 10.2. The molecule has 1 heterocycles. The van der Waals surface area contributed by atoms with Crippen molar-refractivity contribution in [2.24, 2.45) is 0 Å². The molecule has 2 aromatic rings. The minimum Gasteiger partial charge on any atom is -0.430 e. The van der Waals surface area contributed by atoms with Crippen LogP contribution in [0.3, 0.4) is 0 Å². The van der Waals surface area contributed by atoms with Gasteiger partial charge in [-0.05, 0) is 18.1 Å². The molecule has 0 saturated carbocycles. The van der Waals surface area contributed by atoms with E-state index >= 15 is 0 Å². The van der Waals surface area contributed by atoms with Gasteiger partial charge in [0.25, 0.3) is 0 Å². The van der Waals surface area contributed by atoms with E-state index in [1.807, 2.05) is 60.7 Å². The molecule has 6 nitrogen and oxygen atoms in total. The SMILES string of the molecule is CC1COC(=O)O1.O=C(OCc1ccccc1)OCc1ccccc1. The molecule has 0 aliphatic carbocycles. The monoisotopic (exact) mass is 344 g/mol. The van der Waals surface area contributed by atoms with Gasteiger partial charge in [0.05, 0.1) is 0 Å². The van der Waals surface area contributed by atoms with E-state index in [1.54, 1.807) is 6.92 Å². The molecular formula is C19H20O6. The number of rotatable bonds is 4. The van der Waals surface area contributed by atoms with Gasteiger partial charge in [0.15, 0.2) is 0 Å². The summed E-state index contributed by atoms with van der Waals surface area (Å²) in [6, 6.07) is 19.0. The smallest absolute Gasteiger partial charge is 0.430 e. The molecule has 1 saturated heterocycles. The van der Waals surface area contributed by atoms with Crippen LogP contribution in [0.1, 0.15) is 18.1 Å². The Morgan fingerprint density at radius 3 is 1.76 bits per heavy atom. The maximum atomic E-state index is 11.3. The Bertz CT molecular complexity index is 611. The maximum Gasteiger partial charge on any atom is 0.508 e. The van der Waals surface area contributed by atoms with Crippen molar-refractivity contribution in [2.45, 2.75) is 26.2 Å². The van der Waals surface area contributed by atoms with E-state index in [9.17, 15) is 9.59 Å². The van der Waals surface area contributed by atoms with Crippen molar-refractivity contribution in [3.8, 4) is 0 Å². The maximum absolute atomic E-state index is 11.3. The Labute approximate surface area is 146 Å². The number of hydrogen-bond acceptors (Lipinski definition) is 6. The van der Waals surface area contributed by atoms with Crippen molar-refractivity contribution in [3.63, 3.8) is 0 Å². The molecule has 132 valence electrons. The fourth-order valence-corrected chi connectivity index (χ4v) is 1.89. The largest absolute Gasteiger partial charge is 0.508 e. The Morgan fingerprint density at radius 1 is 0.960 bits per heavy atom. The van der Waals surface area contributed by atoms with Crippen LogP contribution in [0.4, 0.5) is 9.59 Å². The lowest BCUT2D eigenvalue weighted by Gasteiger charge is -2.06. The third kappa shape index (κ3) is 7.39. The molecule has 2 aromatic carbocycles. The third-order valence-electron chi connectivity index (χ3n) is 3.13. The number of carbonyl (C=O) groups excluding carboxylic acids is 2. The van der Waals surface area contributed by atoms with Crippen LogP contribution >= 0.6 is 0 Å². The van der Waals surface area contributed by atoms with E-state index in [4.69, 9.17) is 9.47 Å². The predicted molar refractivity (Wildman–Crippen MR) is 89.8 cm³/mol. The Morgan fingerprint density at radius 2 is 1.44 bits per heavy atom. The van der Waals surface area contributed by atoms with Crippen molar-refractivity contribution in [1.29, 1.82) is 0 Å².